The van der Waals surface area contributed by atoms with Gasteiger partial charge in [0, 0.05) is 23.7 Å². The molecule has 192 valence electrons. The summed E-state index contributed by atoms with van der Waals surface area (Å²) in [5, 5.41) is 3.45. The number of ether oxygens (including phenoxy) is 2. The average Bonchev–Trinajstić information content (AvgIpc) is 3.19. The Hall–Kier alpha value is -3.49. The van der Waals surface area contributed by atoms with E-state index in [1.165, 1.54) is 11.8 Å². The molecule has 37 heavy (non-hydrogen) atoms. The minimum absolute atomic E-state index is 0.0239. The van der Waals surface area contributed by atoms with Gasteiger partial charge >= 0.3 is 0 Å². The van der Waals surface area contributed by atoms with Gasteiger partial charge < -0.3 is 14.8 Å². The van der Waals surface area contributed by atoms with Crippen LogP contribution in [0.3, 0.4) is 0 Å². The number of anilines is 1. The molecular formula is C28H28ClN3O4S. The Kier molecular flexibility index (Phi) is 8.74. The molecule has 1 fully saturated rings. The average molecular weight is 538 g/mol. The summed E-state index contributed by atoms with van der Waals surface area (Å²) in [6.07, 6.45) is 0.661. The van der Waals surface area contributed by atoms with Gasteiger partial charge in [-0.3, -0.25) is 14.5 Å². The number of methoxy groups -OCH3 is 2. The molecule has 2 amide bonds. The number of thioether (sulfide) groups is 1. The van der Waals surface area contributed by atoms with E-state index in [1.54, 1.807) is 37.3 Å². The Bertz CT molecular complexity index is 1300. The van der Waals surface area contributed by atoms with Crippen LogP contribution in [0.4, 0.5) is 11.4 Å². The third kappa shape index (κ3) is 6.64. The minimum Gasteiger partial charge on any atom is -0.497 e. The van der Waals surface area contributed by atoms with Crippen LogP contribution in [0.25, 0.3) is 0 Å². The fraction of sp³-hybridized carbons (Fsp3) is 0.250. The molecule has 1 saturated heterocycles. The standard InChI is InChI=1S/C28H28ClN3O4S/c1-18-23(29)5-4-6-24(18)31-26(33)17-25-27(34)32(16-15-19-7-11-21(35-2)12-8-19)28(37-25)30-20-9-13-22(36-3)14-10-20/h4-14,25H,15-17H2,1-3H3,(H,31,33). The topological polar surface area (TPSA) is 80.2 Å². The second-order valence-electron chi connectivity index (χ2n) is 8.45. The molecule has 1 unspecified atom stereocenters. The first-order chi connectivity index (χ1) is 17.9. The van der Waals surface area contributed by atoms with E-state index in [0.29, 0.717) is 34.5 Å². The van der Waals surface area contributed by atoms with Crippen molar-refractivity contribution in [1.82, 2.24) is 4.90 Å². The Morgan fingerprint density at radius 3 is 2.32 bits per heavy atom. The van der Waals surface area contributed by atoms with E-state index in [4.69, 9.17) is 26.1 Å². The Morgan fingerprint density at radius 2 is 1.68 bits per heavy atom. The summed E-state index contributed by atoms with van der Waals surface area (Å²) in [6, 6.07) is 20.4. The number of nitrogens with one attached hydrogen (secondary N) is 1. The number of hydrogen-bond acceptors (Lipinski definition) is 6. The largest absolute Gasteiger partial charge is 0.497 e. The summed E-state index contributed by atoms with van der Waals surface area (Å²) in [6.45, 7) is 2.28. The highest BCUT2D eigenvalue weighted by atomic mass is 35.5. The molecule has 0 aliphatic carbocycles. The molecule has 0 radical (unpaired) electrons. The second kappa shape index (κ2) is 12.2. The lowest BCUT2D eigenvalue weighted by molar-refractivity contribution is -0.128. The summed E-state index contributed by atoms with van der Waals surface area (Å²) in [5.74, 6) is 1.11. The number of amidine groups is 1. The van der Waals surface area contributed by atoms with Crippen molar-refractivity contribution in [3.8, 4) is 11.5 Å². The van der Waals surface area contributed by atoms with Crippen molar-refractivity contribution < 1.29 is 19.1 Å². The first-order valence-electron chi connectivity index (χ1n) is 11.8. The predicted octanol–water partition coefficient (Wildman–Crippen LogP) is 5.87. The molecule has 3 aromatic rings. The smallest absolute Gasteiger partial charge is 0.242 e. The third-order valence-corrected chi connectivity index (χ3v) is 7.60. The van der Waals surface area contributed by atoms with Gasteiger partial charge in [-0.05, 0) is 73.0 Å². The van der Waals surface area contributed by atoms with Crippen LogP contribution in [0.2, 0.25) is 5.02 Å². The third-order valence-electron chi connectivity index (χ3n) is 6.01. The summed E-state index contributed by atoms with van der Waals surface area (Å²) in [4.78, 5) is 32.7. The van der Waals surface area contributed by atoms with E-state index in [9.17, 15) is 9.59 Å². The van der Waals surface area contributed by atoms with Gasteiger partial charge in [-0.1, -0.05) is 41.6 Å². The maximum atomic E-state index is 13.4. The molecule has 0 spiro atoms. The second-order valence-corrected chi connectivity index (χ2v) is 10.0. The number of nitrogens with zero attached hydrogens (tertiary/aromatic N) is 2. The fourth-order valence-corrected chi connectivity index (χ4v) is 5.20. The van der Waals surface area contributed by atoms with Crippen molar-refractivity contribution in [2.75, 3.05) is 26.1 Å². The summed E-state index contributed by atoms with van der Waals surface area (Å²) in [5.41, 5.74) is 3.19. The molecule has 1 heterocycles. The minimum atomic E-state index is -0.577. The van der Waals surface area contributed by atoms with Gasteiger partial charge in [0.25, 0.3) is 0 Å². The molecule has 1 N–H and O–H groups in total. The number of rotatable bonds is 9. The zero-order valence-corrected chi connectivity index (χ0v) is 22.4. The zero-order valence-electron chi connectivity index (χ0n) is 20.9. The molecular weight excluding hydrogens is 510 g/mol. The molecule has 3 aromatic carbocycles. The molecule has 0 saturated carbocycles. The zero-order chi connectivity index (χ0) is 26.4. The highest BCUT2D eigenvalue weighted by Gasteiger charge is 2.39. The summed E-state index contributed by atoms with van der Waals surface area (Å²) in [7, 11) is 3.23. The Morgan fingerprint density at radius 1 is 1.03 bits per heavy atom. The molecule has 0 aromatic heterocycles. The van der Waals surface area contributed by atoms with Gasteiger partial charge in [0.2, 0.25) is 11.8 Å². The van der Waals surface area contributed by atoms with Gasteiger partial charge in [-0.25, -0.2) is 4.99 Å². The van der Waals surface area contributed by atoms with Crippen molar-refractivity contribution in [1.29, 1.82) is 0 Å². The number of hydrogen-bond donors (Lipinski definition) is 1. The van der Waals surface area contributed by atoms with Gasteiger partial charge in [0.1, 0.15) is 16.7 Å². The van der Waals surface area contributed by atoms with Crippen LogP contribution in [0.1, 0.15) is 17.5 Å². The van der Waals surface area contributed by atoms with Crippen molar-refractivity contribution in [2.45, 2.75) is 25.0 Å². The van der Waals surface area contributed by atoms with E-state index in [2.05, 4.69) is 5.32 Å². The normalized spacial score (nSPS) is 16.2. The van der Waals surface area contributed by atoms with E-state index in [-0.39, 0.29) is 18.2 Å². The lowest BCUT2D eigenvalue weighted by Crippen LogP contribution is -2.35. The molecule has 9 heteroatoms. The van der Waals surface area contributed by atoms with Crippen molar-refractivity contribution in [2.24, 2.45) is 4.99 Å². The lowest BCUT2D eigenvalue weighted by Gasteiger charge is -2.17. The highest BCUT2D eigenvalue weighted by molar-refractivity contribution is 8.15. The molecule has 7 nitrogen and oxygen atoms in total. The number of benzene rings is 3. The number of carbonyl (C=O) groups excluding carboxylic acids is 2. The molecule has 1 atom stereocenters. The van der Waals surface area contributed by atoms with E-state index in [0.717, 1.165) is 22.6 Å². The predicted molar refractivity (Wildman–Crippen MR) is 149 cm³/mol. The maximum absolute atomic E-state index is 13.4. The van der Waals surface area contributed by atoms with Crippen LogP contribution in [0, 0.1) is 6.92 Å². The van der Waals surface area contributed by atoms with Gasteiger partial charge in [0.05, 0.1) is 19.9 Å². The SMILES string of the molecule is COc1ccc(CCN2C(=O)C(CC(=O)Nc3cccc(Cl)c3C)SC2=Nc2ccc(OC)cc2)cc1. The van der Waals surface area contributed by atoms with Crippen molar-refractivity contribution >= 4 is 51.7 Å². The summed E-state index contributed by atoms with van der Waals surface area (Å²) < 4.78 is 10.5. The monoisotopic (exact) mass is 537 g/mol. The van der Waals surface area contributed by atoms with Crippen LogP contribution in [0.5, 0.6) is 11.5 Å². The lowest BCUT2D eigenvalue weighted by atomic mass is 10.1. The van der Waals surface area contributed by atoms with Crippen LogP contribution in [0.15, 0.2) is 71.7 Å². The maximum Gasteiger partial charge on any atom is 0.242 e. The Balaban J connectivity index is 1.51. The fourth-order valence-electron chi connectivity index (χ4n) is 3.84. The van der Waals surface area contributed by atoms with E-state index in [1.807, 2.05) is 55.5 Å². The number of carbonyl (C=O) groups is 2. The van der Waals surface area contributed by atoms with Crippen LogP contribution >= 0.6 is 23.4 Å². The molecule has 1 aliphatic heterocycles. The molecule has 4 rings (SSSR count). The van der Waals surface area contributed by atoms with E-state index < -0.39 is 5.25 Å². The number of amides is 2. The molecule has 0 bridgehead atoms. The van der Waals surface area contributed by atoms with Gasteiger partial charge in [-0.2, -0.15) is 0 Å². The van der Waals surface area contributed by atoms with Gasteiger partial charge in [0.15, 0.2) is 5.17 Å². The van der Waals surface area contributed by atoms with Crippen molar-refractivity contribution in [3.63, 3.8) is 0 Å². The van der Waals surface area contributed by atoms with Crippen LogP contribution in [-0.2, 0) is 16.0 Å². The first kappa shape index (κ1) is 26.6. The van der Waals surface area contributed by atoms with E-state index >= 15 is 0 Å². The van der Waals surface area contributed by atoms with Gasteiger partial charge in [-0.15, -0.1) is 0 Å². The highest BCUT2D eigenvalue weighted by Crippen LogP contribution is 2.33. The summed E-state index contributed by atoms with van der Waals surface area (Å²) >= 11 is 7.49. The van der Waals surface area contributed by atoms with Crippen LogP contribution in [-0.4, -0.2) is 47.9 Å². The number of aliphatic imine (C=N–C) groups is 1. The van der Waals surface area contributed by atoms with Crippen molar-refractivity contribution in [3.05, 3.63) is 82.9 Å². The van der Waals surface area contributed by atoms with Crippen LogP contribution < -0.4 is 14.8 Å². The first-order valence-corrected chi connectivity index (χ1v) is 13.0. The molecule has 1 aliphatic rings. The number of halogens is 1. The Labute approximate surface area is 225 Å². The quantitative estimate of drug-likeness (QED) is 0.369.